The van der Waals surface area contributed by atoms with Gasteiger partial charge in [0, 0.05) is 6.54 Å². The summed E-state index contributed by atoms with van der Waals surface area (Å²) in [5, 5.41) is 0.159. The van der Waals surface area contributed by atoms with Crippen molar-refractivity contribution < 1.29 is 4.39 Å². The molecule has 0 amide bonds. The number of hydrogen-bond acceptors (Lipinski definition) is 1. The molecule has 13 heavy (non-hydrogen) atoms. The molecule has 2 N–H and O–H groups in total. The van der Waals surface area contributed by atoms with Gasteiger partial charge in [-0.1, -0.05) is 31.5 Å². The van der Waals surface area contributed by atoms with Crippen molar-refractivity contribution in [3.8, 4) is 0 Å². The Morgan fingerprint density at radius 3 is 2.54 bits per heavy atom. The van der Waals surface area contributed by atoms with Crippen molar-refractivity contribution in [2.45, 2.75) is 26.3 Å². The molecule has 1 rings (SSSR count). The van der Waals surface area contributed by atoms with Crippen LogP contribution in [0.15, 0.2) is 12.1 Å². The second kappa shape index (κ2) is 4.07. The third-order valence-corrected chi connectivity index (χ3v) is 2.25. The van der Waals surface area contributed by atoms with Crippen LogP contribution in [-0.2, 0) is 6.54 Å². The van der Waals surface area contributed by atoms with Gasteiger partial charge in [0.2, 0.25) is 0 Å². The fraction of sp³-hybridized carbons (Fsp3) is 0.400. The predicted octanol–water partition coefficient (Wildman–Crippen LogP) is 3.06. The van der Waals surface area contributed by atoms with E-state index in [1.165, 1.54) is 0 Å². The van der Waals surface area contributed by atoms with Crippen molar-refractivity contribution in [3.63, 3.8) is 0 Å². The highest BCUT2D eigenvalue weighted by molar-refractivity contribution is 6.30. The Labute approximate surface area is 82.7 Å². The summed E-state index contributed by atoms with van der Waals surface area (Å²) in [6.07, 6.45) is 0. The van der Waals surface area contributed by atoms with E-state index < -0.39 is 0 Å². The standard InChI is InChI=1S/C10H13ClFN/c1-6(2)8-3-7(5-13)4-9(11)10(8)12/h3-4,6H,5,13H2,1-2H3. The molecule has 3 heteroatoms. The maximum atomic E-state index is 13.4. The summed E-state index contributed by atoms with van der Waals surface area (Å²) in [6.45, 7) is 4.24. The largest absolute Gasteiger partial charge is 0.326 e. The summed E-state index contributed by atoms with van der Waals surface area (Å²) in [5.41, 5.74) is 6.96. The molecule has 0 saturated carbocycles. The van der Waals surface area contributed by atoms with Crippen LogP contribution in [0.5, 0.6) is 0 Å². The highest BCUT2D eigenvalue weighted by atomic mass is 35.5. The minimum atomic E-state index is -0.325. The first-order chi connectivity index (χ1) is 6.06. The van der Waals surface area contributed by atoms with Gasteiger partial charge in [0.05, 0.1) is 5.02 Å². The molecule has 0 aliphatic rings. The first kappa shape index (κ1) is 10.5. The van der Waals surface area contributed by atoms with Crippen LogP contribution in [-0.4, -0.2) is 0 Å². The lowest BCUT2D eigenvalue weighted by atomic mass is 10.00. The number of benzene rings is 1. The summed E-state index contributed by atoms with van der Waals surface area (Å²) >= 11 is 5.71. The lowest BCUT2D eigenvalue weighted by molar-refractivity contribution is 0.597. The van der Waals surface area contributed by atoms with Crippen molar-refractivity contribution in [3.05, 3.63) is 34.1 Å². The van der Waals surface area contributed by atoms with Crippen LogP contribution in [0.1, 0.15) is 30.9 Å². The highest BCUT2D eigenvalue weighted by Crippen LogP contribution is 2.26. The van der Waals surface area contributed by atoms with Crippen LogP contribution in [0.4, 0.5) is 4.39 Å². The van der Waals surface area contributed by atoms with E-state index >= 15 is 0 Å². The zero-order chi connectivity index (χ0) is 10.0. The SMILES string of the molecule is CC(C)c1cc(CN)cc(Cl)c1F. The molecule has 1 nitrogen and oxygen atoms in total. The van der Waals surface area contributed by atoms with E-state index in [4.69, 9.17) is 17.3 Å². The zero-order valence-electron chi connectivity index (χ0n) is 7.77. The molecule has 1 aromatic rings. The van der Waals surface area contributed by atoms with Gasteiger partial charge < -0.3 is 5.73 Å². The summed E-state index contributed by atoms with van der Waals surface area (Å²) in [7, 11) is 0. The second-order valence-electron chi connectivity index (χ2n) is 3.34. The summed E-state index contributed by atoms with van der Waals surface area (Å²) in [6, 6.07) is 3.34. The van der Waals surface area contributed by atoms with Gasteiger partial charge in [-0.3, -0.25) is 0 Å². The summed E-state index contributed by atoms with van der Waals surface area (Å²) < 4.78 is 13.4. The quantitative estimate of drug-likeness (QED) is 0.782. The third-order valence-electron chi connectivity index (χ3n) is 1.97. The third kappa shape index (κ3) is 2.20. The molecule has 0 radical (unpaired) electrons. The molecular weight excluding hydrogens is 189 g/mol. The van der Waals surface area contributed by atoms with Crippen LogP contribution in [0.2, 0.25) is 5.02 Å². The number of nitrogens with two attached hydrogens (primary N) is 1. The van der Waals surface area contributed by atoms with Crippen LogP contribution in [0.3, 0.4) is 0 Å². The number of halogens is 2. The van der Waals surface area contributed by atoms with Crippen molar-refractivity contribution >= 4 is 11.6 Å². The van der Waals surface area contributed by atoms with Gasteiger partial charge in [-0.2, -0.15) is 0 Å². The minimum absolute atomic E-state index is 0.129. The van der Waals surface area contributed by atoms with E-state index in [0.29, 0.717) is 12.1 Å². The van der Waals surface area contributed by atoms with Gasteiger partial charge >= 0.3 is 0 Å². The van der Waals surface area contributed by atoms with E-state index in [1.54, 1.807) is 12.1 Å². The Hall–Kier alpha value is -0.600. The van der Waals surface area contributed by atoms with Crippen LogP contribution in [0.25, 0.3) is 0 Å². The smallest absolute Gasteiger partial charge is 0.145 e. The summed E-state index contributed by atoms with van der Waals surface area (Å²) in [5.74, 6) is -0.196. The van der Waals surface area contributed by atoms with Gasteiger partial charge in [0.1, 0.15) is 5.82 Å². The fourth-order valence-electron chi connectivity index (χ4n) is 1.21. The average molecular weight is 202 g/mol. The molecule has 0 aliphatic heterocycles. The van der Waals surface area contributed by atoms with Crippen molar-refractivity contribution in [1.29, 1.82) is 0 Å². The Bertz CT molecular complexity index is 310. The van der Waals surface area contributed by atoms with Crippen LogP contribution in [0, 0.1) is 5.82 Å². The Morgan fingerprint density at radius 2 is 2.08 bits per heavy atom. The number of hydrogen-bond donors (Lipinski definition) is 1. The second-order valence-corrected chi connectivity index (χ2v) is 3.75. The molecule has 0 spiro atoms. The van der Waals surface area contributed by atoms with E-state index in [-0.39, 0.29) is 16.8 Å². The maximum absolute atomic E-state index is 13.4. The monoisotopic (exact) mass is 201 g/mol. The van der Waals surface area contributed by atoms with E-state index in [2.05, 4.69) is 0 Å². The molecule has 0 unspecified atom stereocenters. The molecule has 0 saturated heterocycles. The zero-order valence-corrected chi connectivity index (χ0v) is 8.53. The topological polar surface area (TPSA) is 26.0 Å². The van der Waals surface area contributed by atoms with Crippen molar-refractivity contribution in [2.24, 2.45) is 5.73 Å². The van der Waals surface area contributed by atoms with Gasteiger partial charge in [-0.25, -0.2) is 4.39 Å². The molecule has 0 heterocycles. The molecule has 0 atom stereocenters. The Balaban J connectivity index is 3.25. The highest BCUT2D eigenvalue weighted by Gasteiger charge is 2.11. The van der Waals surface area contributed by atoms with Gasteiger partial charge in [-0.05, 0) is 23.1 Å². The van der Waals surface area contributed by atoms with Crippen LogP contribution >= 0.6 is 11.6 Å². The van der Waals surface area contributed by atoms with E-state index in [9.17, 15) is 4.39 Å². The normalized spacial score (nSPS) is 10.9. The molecule has 0 fully saturated rings. The van der Waals surface area contributed by atoms with E-state index in [0.717, 1.165) is 5.56 Å². The average Bonchev–Trinajstić information content (AvgIpc) is 2.09. The molecular formula is C10H13ClFN. The van der Waals surface area contributed by atoms with Gasteiger partial charge in [0.15, 0.2) is 0 Å². The van der Waals surface area contributed by atoms with Gasteiger partial charge in [0.25, 0.3) is 0 Å². The molecule has 0 bridgehead atoms. The predicted molar refractivity (Wildman–Crippen MR) is 53.4 cm³/mol. The first-order valence-corrected chi connectivity index (χ1v) is 4.62. The van der Waals surface area contributed by atoms with Crippen molar-refractivity contribution in [1.82, 2.24) is 0 Å². The first-order valence-electron chi connectivity index (χ1n) is 4.24. The molecule has 0 aromatic heterocycles. The summed E-state index contributed by atoms with van der Waals surface area (Å²) in [4.78, 5) is 0. The van der Waals surface area contributed by atoms with Gasteiger partial charge in [-0.15, -0.1) is 0 Å². The van der Waals surface area contributed by atoms with Crippen molar-refractivity contribution in [2.75, 3.05) is 0 Å². The molecule has 0 aliphatic carbocycles. The molecule has 72 valence electrons. The maximum Gasteiger partial charge on any atom is 0.145 e. The fourth-order valence-corrected chi connectivity index (χ4v) is 1.46. The molecule has 1 aromatic carbocycles. The Kier molecular flexibility index (Phi) is 3.28. The van der Waals surface area contributed by atoms with Crippen LogP contribution < -0.4 is 5.73 Å². The lowest BCUT2D eigenvalue weighted by Crippen LogP contribution is -2.01. The minimum Gasteiger partial charge on any atom is -0.326 e. The van der Waals surface area contributed by atoms with E-state index in [1.807, 2.05) is 13.8 Å². The Morgan fingerprint density at radius 1 is 1.46 bits per heavy atom. The lowest BCUT2D eigenvalue weighted by Gasteiger charge is -2.10. The number of rotatable bonds is 2.